The van der Waals surface area contributed by atoms with Crippen molar-refractivity contribution in [3.63, 3.8) is 0 Å². The molecule has 0 aliphatic carbocycles. The van der Waals surface area contributed by atoms with E-state index in [1.165, 1.54) is 17.3 Å². The Morgan fingerprint density at radius 1 is 1.17 bits per heavy atom. The number of nitrogens with one attached hydrogen (secondary N) is 1. The van der Waals surface area contributed by atoms with E-state index in [1.807, 2.05) is 36.4 Å². The van der Waals surface area contributed by atoms with E-state index in [0.717, 1.165) is 11.3 Å². The van der Waals surface area contributed by atoms with Gasteiger partial charge in [-0.2, -0.15) is 0 Å². The highest BCUT2D eigenvalue weighted by Gasteiger charge is 2.30. The van der Waals surface area contributed by atoms with Gasteiger partial charge in [-0.05, 0) is 41.7 Å². The normalized spacial score (nSPS) is 19.1. The van der Waals surface area contributed by atoms with E-state index in [1.54, 1.807) is 0 Å². The van der Waals surface area contributed by atoms with Crippen LogP contribution >= 0.6 is 23.4 Å². The highest BCUT2D eigenvalue weighted by atomic mass is 35.5. The number of halogens is 1. The van der Waals surface area contributed by atoms with Crippen LogP contribution in [0.3, 0.4) is 0 Å². The summed E-state index contributed by atoms with van der Waals surface area (Å²) >= 11 is 7.64. The van der Waals surface area contributed by atoms with Crippen LogP contribution in [0.15, 0.2) is 53.5 Å². The number of carbonyl (C=O) groups is 1. The molecule has 3 rings (SSSR count). The Kier molecular flexibility index (Phi) is 5.27. The van der Waals surface area contributed by atoms with Crippen LogP contribution in [-0.2, 0) is 11.2 Å². The van der Waals surface area contributed by atoms with Crippen LogP contribution in [0, 0.1) is 0 Å². The van der Waals surface area contributed by atoms with Crippen LogP contribution < -0.4 is 5.32 Å². The zero-order valence-electron chi connectivity index (χ0n) is 13.6. The van der Waals surface area contributed by atoms with Crippen molar-refractivity contribution in [1.29, 1.82) is 0 Å². The molecule has 1 saturated heterocycles. The third-order valence-electron chi connectivity index (χ3n) is 3.93. The van der Waals surface area contributed by atoms with Crippen LogP contribution in [0.5, 0.6) is 0 Å². The van der Waals surface area contributed by atoms with Crippen LogP contribution in [0.1, 0.15) is 30.9 Å². The average molecular weight is 359 g/mol. The lowest BCUT2D eigenvalue weighted by Gasteiger charge is -2.07. The van der Waals surface area contributed by atoms with E-state index < -0.39 is 0 Å². The average Bonchev–Trinajstić information content (AvgIpc) is 2.89. The van der Waals surface area contributed by atoms with E-state index in [-0.39, 0.29) is 11.2 Å². The molecule has 1 unspecified atom stereocenters. The fourth-order valence-corrected chi connectivity index (χ4v) is 3.74. The van der Waals surface area contributed by atoms with Crippen molar-refractivity contribution >= 4 is 40.1 Å². The zero-order valence-corrected chi connectivity index (χ0v) is 15.2. The predicted octanol–water partition coefficient (Wildman–Crippen LogP) is 4.93. The third-order valence-corrected chi connectivity index (χ3v) is 5.38. The van der Waals surface area contributed by atoms with Gasteiger partial charge in [0.05, 0.1) is 10.9 Å². The Morgan fingerprint density at radius 2 is 1.88 bits per heavy atom. The van der Waals surface area contributed by atoms with Crippen molar-refractivity contribution < 1.29 is 4.79 Å². The number of hydrogen-bond donors (Lipinski definition) is 1. The van der Waals surface area contributed by atoms with Crippen molar-refractivity contribution in [2.24, 2.45) is 4.99 Å². The first-order chi connectivity index (χ1) is 11.5. The summed E-state index contributed by atoms with van der Waals surface area (Å²) in [7, 11) is 0. The molecule has 1 fully saturated rings. The third kappa shape index (κ3) is 4.00. The Labute approximate surface area is 151 Å². The minimum absolute atomic E-state index is 0.0162. The number of aliphatic imine (C=N–C) groups is 1. The second-order valence-corrected chi connectivity index (χ2v) is 7.65. The van der Waals surface area contributed by atoms with Crippen LogP contribution in [0.25, 0.3) is 0 Å². The SMILES string of the molecule is CC(C)c1ccc(N=C2NC(=O)C(Cc3ccccc3Cl)S2)cc1. The highest BCUT2D eigenvalue weighted by Crippen LogP contribution is 2.28. The van der Waals surface area contributed by atoms with E-state index in [2.05, 4.69) is 36.3 Å². The number of rotatable bonds is 4. The molecular formula is C19H19ClN2OS. The lowest BCUT2D eigenvalue weighted by Crippen LogP contribution is -2.26. The molecule has 1 atom stereocenters. The standard InChI is InChI=1S/C19H19ClN2OS/c1-12(2)13-7-9-15(10-8-13)21-19-22-18(23)17(24-19)11-14-5-3-4-6-16(14)20/h3-10,12,17H,11H2,1-2H3,(H,21,22,23). The Hall–Kier alpha value is -1.78. The molecule has 1 heterocycles. The topological polar surface area (TPSA) is 41.5 Å². The number of carbonyl (C=O) groups excluding carboxylic acids is 1. The summed E-state index contributed by atoms with van der Waals surface area (Å²) in [6, 6.07) is 15.7. The van der Waals surface area contributed by atoms with E-state index in [9.17, 15) is 4.79 Å². The van der Waals surface area contributed by atoms with E-state index in [0.29, 0.717) is 22.5 Å². The van der Waals surface area contributed by atoms with Crippen molar-refractivity contribution in [3.05, 3.63) is 64.7 Å². The monoisotopic (exact) mass is 358 g/mol. The molecule has 0 bridgehead atoms. The summed E-state index contributed by atoms with van der Waals surface area (Å²) in [5.74, 6) is 0.477. The fraction of sp³-hybridized carbons (Fsp3) is 0.263. The van der Waals surface area contributed by atoms with Crippen molar-refractivity contribution in [2.75, 3.05) is 0 Å². The Balaban J connectivity index is 1.71. The number of amides is 1. The smallest absolute Gasteiger partial charge is 0.239 e. The second-order valence-electron chi connectivity index (χ2n) is 6.05. The number of amidine groups is 1. The van der Waals surface area contributed by atoms with Gasteiger partial charge in [0.1, 0.15) is 0 Å². The fourth-order valence-electron chi connectivity index (χ4n) is 2.51. The van der Waals surface area contributed by atoms with Gasteiger partial charge in [0.15, 0.2) is 5.17 Å². The molecule has 124 valence electrons. The summed E-state index contributed by atoms with van der Waals surface area (Å²) in [5, 5.41) is 4.01. The Morgan fingerprint density at radius 3 is 2.54 bits per heavy atom. The highest BCUT2D eigenvalue weighted by molar-refractivity contribution is 8.15. The van der Waals surface area contributed by atoms with Crippen molar-refractivity contribution in [2.45, 2.75) is 31.4 Å². The first-order valence-electron chi connectivity index (χ1n) is 7.92. The van der Waals surface area contributed by atoms with Gasteiger partial charge < -0.3 is 5.32 Å². The molecular weight excluding hydrogens is 340 g/mol. The molecule has 1 aliphatic heterocycles. The minimum Gasteiger partial charge on any atom is -0.304 e. The molecule has 5 heteroatoms. The zero-order chi connectivity index (χ0) is 17.1. The molecule has 3 nitrogen and oxygen atoms in total. The predicted molar refractivity (Wildman–Crippen MR) is 102 cm³/mol. The summed E-state index contributed by atoms with van der Waals surface area (Å²) in [4.78, 5) is 16.7. The quantitative estimate of drug-likeness (QED) is 0.842. The number of hydrogen-bond acceptors (Lipinski definition) is 3. The summed E-state index contributed by atoms with van der Waals surface area (Å²) < 4.78 is 0. The van der Waals surface area contributed by atoms with Gasteiger partial charge in [-0.1, -0.05) is 67.5 Å². The molecule has 24 heavy (non-hydrogen) atoms. The van der Waals surface area contributed by atoms with Crippen molar-refractivity contribution in [3.8, 4) is 0 Å². The van der Waals surface area contributed by atoms with Gasteiger partial charge in [0.2, 0.25) is 5.91 Å². The summed E-state index contributed by atoms with van der Waals surface area (Å²) in [6.07, 6.45) is 0.599. The molecule has 2 aromatic rings. The molecule has 1 aliphatic rings. The maximum absolute atomic E-state index is 12.2. The molecule has 2 aromatic carbocycles. The summed E-state index contributed by atoms with van der Waals surface area (Å²) in [5.41, 5.74) is 3.11. The van der Waals surface area contributed by atoms with Gasteiger partial charge >= 0.3 is 0 Å². The van der Waals surface area contributed by atoms with Gasteiger partial charge in [0.25, 0.3) is 0 Å². The first-order valence-corrected chi connectivity index (χ1v) is 9.18. The van der Waals surface area contributed by atoms with Crippen LogP contribution in [0.2, 0.25) is 5.02 Å². The number of nitrogens with zero attached hydrogens (tertiary/aromatic N) is 1. The van der Waals surface area contributed by atoms with E-state index in [4.69, 9.17) is 11.6 Å². The molecule has 0 radical (unpaired) electrons. The van der Waals surface area contributed by atoms with Crippen LogP contribution in [-0.4, -0.2) is 16.3 Å². The maximum atomic E-state index is 12.2. The van der Waals surface area contributed by atoms with Gasteiger partial charge in [-0.15, -0.1) is 0 Å². The van der Waals surface area contributed by atoms with Crippen LogP contribution in [0.4, 0.5) is 5.69 Å². The minimum atomic E-state index is -0.196. The van der Waals surface area contributed by atoms with Gasteiger partial charge in [-0.25, -0.2) is 4.99 Å². The second kappa shape index (κ2) is 7.41. The largest absolute Gasteiger partial charge is 0.304 e. The van der Waals surface area contributed by atoms with E-state index >= 15 is 0 Å². The number of benzene rings is 2. The molecule has 0 aromatic heterocycles. The van der Waals surface area contributed by atoms with Gasteiger partial charge in [0, 0.05) is 5.02 Å². The first kappa shape index (κ1) is 17.1. The molecule has 0 spiro atoms. The summed E-state index contributed by atoms with van der Waals surface area (Å²) in [6.45, 7) is 4.32. The lowest BCUT2D eigenvalue weighted by atomic mass is 10.0. The molecule has 1 amide bonds. The van der Waals surface area contributed by atoms with Crippen molar-refractivity contribution in [1.82, 2.24) is 5.32 Å². The molecule has 1 N–H and O–H groups in total. The number of thioether (sulfide) groups is 1. The lowest BCUT2D eigenvalue weighted by molar-refractivity contribution is -0.118. The molecule has 0 saturated carbocycles. The Bertz CT molecular complexity index is 771. The van der Waals surface area contributed by atoms with Gasteiger partial charge in [-0.3, -0.25) is 4.79 Å². The maximum Gasteiger partial charge on any atom is 0.239 e.